The normalized spacial score (nSPS) is 10.8. The Hall–Kier alpha value is -1.59. The second-order valence-corrected chi connectivity index (χ2v) is 5.15. The number of aliphatic hydroxyl groups excluding tert-OH is 1. The number of aliphatic hydroxyl groups is 1. The first-order valence-corrected chi connectivity index (χ1v) is 6.63. The molecule has 0 fully saturated rings. The molecule has 0 saturated carbocycles. The minimum atomic E-state index is -0.165. The van der Waals surface area contributed by atoms with Crippen LogP contribution in [-0.2, 0) is 0 Å². The fourth-order valence-electron chi connectivity index (χ4n) is 1.81. The number of carbonyl (C=O) groups is 1. The molecule has 5 heteroatoms. The topological polar surface area (TPSA) is 75.4 Å². The molecule has 0 bridgehead atoms. The van der Waals surface area contributed by atoms with Crippen molar-refractivity contribution < 1.29 is 9.90 Å². The van der Waals surface area contributed by atoms with Gasteiger partial charge in [0.25, 0.3) is 5.91 Å². The predicted molar refractivity (Wildman–Crippen MR) is 75.0 cm³/mol. The number of nitrogens with one attached hydrogen (secondary N) is 1. The van der Waals surface area contributed by atoms with Crippen LogP contribution in [0.15, 0.2) is 18.2 Å². The second-order valence-electron chi connectivity index (χ2n) is 4.13. The van der Waals surface area contributed by atoms with Gasteiger partial charge in [-0.15, -0.1) is 11.3 Å². The van der Waals surface area contributed by atoms with Crippen LogP contribution in [-0.4, -0.2) is 24.2 Å². The first-order valence-electron chi connectivity index (χ1n) is 5.81. The summed E-state index contributed by atoms with van der Waals surface area (Å²) >= 11 is 1.42. The smallest absolute Gasteiger partial charge is 0.263 e. The Kier molecular flexibility index (Phi) is 3.84. The number of aryl methyl sites for hydroxylation is 1. The van der Waals surface area contributed by atoms with Crippen molar-refractivity contribution in [3.63, 3.8) is 0 Å². The average molecular weight is 264 g/mol. The van der Waals surface area contributed by atoms with E-state index in [0.29, 0.717) is 23.5 Å². The lowest BCUT2D eigenvalue weighted by molar-refractivity contribution is 0.0956. The number of hydrogen-bond acceptors (Lipinski definition) is 4. The van der Waals surface area contributed by atoms with Crippen LogP contribution in [0.5, 0.6) is 0 Å². The summed E-state index contributed by atoms with van der Waals surface area (Å²) in [6.07, 6.45) is 0.551. The van der Waals surface area contributed by atoms with Gasteiger partial charge in [0.2, 0.25) is 0 Å². The first-order chi connectivity index (χ1) is 8.65. The van der Waals surface area contributed by atoms with E-state index in [-0.39, 0.29) is 12.5 Å². The van der Waals surface area contributed by atoms with Crippen molar-refractivity contribution in [1.82, 2.24) is 5.32 Å². The summed E-state index contributed by atoms with van der Waals surface area (Å²) < 4.78 is 1.06. The number of nitrogens with two attached hydrogens (primary N) is 1. The van der Waals surface area contributed by atoms with Crippen LogP contribution >= 0.6 is 11.3 Å². The predicted octanol–water partition coefficient (Wildman–Crippen LogP) is 1.90. The summed E-state index contributed by atoms with van der Waals surface area (Å²) in [7, 11) is 0. The number of rotatable bonds is 4. The highest BCUT2D eigenvalue weighted by Gasteiger charge is 2.16. The van der Waals surface area contributed by atoms with E-state index in [1.807, 2.05) is 25.1 Å². The zero-order chi connectivity index (χ0) is 13.1. The van der Waals surface area contributed by atoms with Gasteiger partial charge in [0.15, 0.2) is 0 Å². The third-order valence-electron chi connectivity index (χ3n) is 2.78. The zero-order valence-corrected chi connectivity index (χ0v) is 11.0. The number of amides is 1. The molecule has 1 aromatic heterocycles. The molecule has 0 unspecified atom stereocenters. The summed E-state index contributed by atoms with van der Waals surface area (Å²) in [4.78, 5) is 12.5. The molecule has 0 saturated heterocycles. The van der Waals surface area contributed by atoms with E-state index in [1.165, 1.54) is 11.3 Å². The summed E-state index contributed by atoms with van der Waals surface area (Å²) in [6.45, 7) is 2.54. The van der Waals surface area contributed by atoms with Gasteiger partial charge in [-0.25, -0.2) is 0 Å². The minimum absolute atomic E-state index is 0.0707. The van der Waals surface area contributed by atoms with Crippen LogP contribution in [0.2, 0.25) is 0 Å². The van der Waals surface area contributed by atoms with Crippen molar-refractivity contribution in [3.05, 3.63) is 28.6 Å². The molecule has 96 valence electrons. The van der Waals surface area contributed by atoms with E-state index >= 15 is 0 Å². The maximum absolute atomic E-state index is 12.0. The Morgan fingerprint density at radius 2 is 2.28 bits per heavy atom. The van der Waals surface area contributed by atoms with Crippen LogP contribution < -0.4 is 11.1 Å². The molecule has 0 radical (unpaired) electrons. The highest BCUT2D eigenvalue weighted by atomic mass is 32.1. The number of nitrogen functional groups attached to an aromatic ring is 1. The van der Waals surface area contributed by atoms with E-state index in [4.69, 9.17) is 10.8 Å². The number of fused-ring (bicyclic) bond motifs is 1. The lowest BCUT2D eigenvalue weighted by Crippen LogP contribution is -2.24. The number of carbonyl (C=O) groups excluding carboxylic acids is 1. The van der Waals surface area contributed by atoms with Gasteiger partial charge in [-0.1, -0.05) is 18.2 Å². The summed E-state index contributed by atoms with van der Waals surface area (Å²) in [6, 6.07) is 5.87. The fourth-order valence-corrected chi connectivity index (χ4v) is 2.92. The van der Waals surface area contributed by atoms with Crippen molar-refractivity contribution in [2.24, 2.45) is 0 Å². The lowest BCUT2D eigenvalue weighted by Gasteiger charge is -2.02. The number of anilines is 1. The molecule has 1 heterocycles. The average Bonchev–Trinajstić information content (AvgIpc) is 2.69. The van der Waals surface area contributed by atoms with Crippen LogP contribution in [0.4, 0.5) is 5.69 Å². The highest BCUT2D eigenvalue weighted by Crippen LogP contribution is 2.35. The number of thiophene rings is 1. The van der Waals surface area contributed by atoms with Gasteiger partial charge in [-0.3, -0.25) is 4.79 Å². The Balaban J connectivity index is 2.31. The summed E-state index contributed by atoms with van der Waals surface area (Å²) in [5.74, 6) is -0.165. The molecule has 0 aliphatic carbocycles. The van der Waals surface area contributed by atoms with Gasteiger partial charge in [-0.2, -0.15) is 0 Å². The van der Waals surface area contributed by atoms with E-state index < -0.39 is 0 Å². The number of hydrogen-bond donors (Lipinski definition) is 3. The minimum Gasteiger partial charge on any atom is -0.397 e. The van der Waals surface area contributed by atoms with Gasteiger partial charge in [0.1, 0.15) is 4.88 Å². The van der Waals surface area contributed by atoms with Crippen LogP contribution in [0.3, 0.4) is 0 Å². The van der Waals surface area contributed by atoms with Crippen molar-refractivity contribution in [2.75, 3.05) is 18.9 Å². The first kappa shape index (κ1) is 12.9. The van der Waals surface area contributed by atoms with E-state index in [0.717, 1.165) is 15.6 Å². The largest absolute Gasteiger partial charge is 0.397 e. The molecule has 4 N–H and O–H groups in total. The van der Waals surface area contributed by atoms with Crippen molar-refractivity contribution >= 4 is 33.0 Å². The van der Waals surface area contributed by atoms with Crippen molar-refractivity contribution in [1.29, 1.82) is 0 Å². The Morgan fingerprint density at radius 1 is 1.50 bits per heavy atom. The zero-order valence-electron chi connectivity index (χ0n) is 10.2. The lowest BCUT2D eigenvalue weighted by atomic mass is 10.1. The van der Waals surface area contributed by atoms with E-state index in [9.17, 15) is 4.79 Å². The van der Waals surface area contributed by atoms with Crippen molar-refractivity contribution in [3.8, 4) is 0 Å². The highest BCUT2D eigenvalue weighted by molar-refractivity contribution is 7.21. The molecule has 1 aromatic carbocycles. The Morgan fingerprint density at radius 3 is 2.94 bits per heavy atom. The molecule has 2 rings (SSSR count). The third kappa shape index (κ3) is 2.32. The van der Waals surface area contributed by atoms with Crippen LogP contribution in [0, 0.1) is 6.92 Å². The maximum Gasteiger partial charge on any atom is 0.263 e. The molecular formula is C13H16N2O2S. The molecule has 0 atom stereocenters. The SMILES string of the molecule is Cc1cccc2c(N)c(C(=O)NCCCO)sc12. The molecule has 4 nitrogen and oxygen atoms in total. The van der Waals surface area contributed by atoms with Gasteiger partial charge in [0.05, 0.1) is 5.69 Å². The molecule has 0 spiro atoms. The van der Waals surface area contributed by atoms with Crippen LogP contribution in [0.1, 0.15) is 21.7 Å². The summed E-state index contributed by atoms with van der Waals surface area (Å²) in [5.41, 5.74) is 7.68. The van der Waals surface area contributed by atoms with Gasteiger partial charge >= 0.3 is 0 Å². The van der Waals surface area contributed by atoms with Gasteiger partial charge in [0, 0.05) is 23.2 Å². The molecular weight excluding hydrogens is 248 g/mol. The Labute approximate surface area is 109 Å². The van der Waals surface area contributed by atoms with E-state index in [2.05, 4.69) is 5.32 Å². The maximum atomic E-state index is 12.0. The van der Waals surface area contributed by atoms with Crippen LogP contribution in [0.25, 0.3) is 10.1 Å². The van der Waals surface area contributed by atoms with E-state index in [1.54, 1.807) is 0 Å². The quantitative estimate of drug-likeness (QED) is 0.738. The standard InChI is InChI=1S/C13H16N2O2S/c1-8-4-2-5-9-10(14)12(18-11(8)9)13(17)15-6-3-7-16/h2,4-5,16H,3,6-7,14H2,1H3,(H,15,17). The van der Waals surface area contributed by atoms with Crippen molar-refractivity contribution in [2.45, 2.75) is 13.3 Å². The Bertz CT molecular complexity index is 578. The van der Waals surface area contributed by atoms with Gasteiger partial charge < -0.3 is 16.2 Å². The molecule has 0 aliphatic rings. The molecule has 1 amide bonds. The fraction of sp³-hybridized carbons (Fsp3) is 0.308. The monoisotopic (exact) mass is 264 g/mol. The third-order valence-corrected chi connectivity index (χ3v) is 4.13. The summed E-state index contributed by atoms with van der Waals surface area (Å²) in [5, 5.41) is 12.4. The number of benzene rings is 1. The second kappa shape index (κ2) is 5.37. The molecule has 18 heavy (non-hydrogen) atoms. The molecule has 0 aliphatic heterocycles. The van der Waals surface area contributed by atoms with Gasteiger partial charge in [-0.05, 0) is 18.9 Å². The molecule has 2 aromatic rings.